The van der Waals surface area contributed by atoms with E-state index < -0.39 is 18.4 Å². The molecule has 2 nitrogen and oxygen atoms in total. The van der Waals surface area contributed by atoms with E-state index in [1.807, 2.05) is 0 Å². The Balaban J connectivity index is 4.49. The molecule has 0 saturated carbocycles. The Hall–Kier alpha value is 0.719. The fraction of sp³-hybridized carbons (Fsp3) is 1.00. The van der Waals surface area contributed by atoms with Gasteiger partial charge in [0.05, 0.1) is 0 Å². The zero-order valence-corrected chi connectivity index (χ0v) is 17.4. The minimum absolute atomic E-state index is 0.516. The zero-order chi connectivity index (χ0) is 15.3. The summed E-state index contributed by atoms with van der Waals surface area (Å²) in [5.74, 6) is 0.516. The van der Waals surface area contributed by atoms with Crippen molar-refractivity contribution in [2.24, 2.45) is 11.7 Å². The molecular formula is C17H39NOSn. The van der Waals surface area contributed by atoms with E-state index in [4.69, 9.17) is 10.5 Å². The SMILES string of the molecule is CCC[CH2][Sn]([CH2]CCC)([CH2]CCC)[CH2]OCC(C)CN. The van der Waals surface area contributed by atoms with Gasteiger partial charge in [0.25, 0.3) is 0 Å². The van der Waals surface area contributed by atoms with Gasteiger partial charge in [-0.2, -0.15) is 0 Å². The number of ether oxygens (including phenoxy) is 1. The Kier molecular flexibility index (Phi) is 13.9. The third-order valence-electron chi connectivity index (χ3n) is 4.39. The van der Waals surface area contributed by atoms with Gasteiger partial charge >= 0.3 is 132 Å². The van der Waals surface area contributed by atoms with Crippen molar-refractivity contribution < 1.29 is 4.74 Å². The molecule has 0 heterocycles. The number of unbranched alkanes of at least 4 members (excludes halogenated alkanes) is 3. The van der Waals surface area contributed by atoms with Gasteiger partial charge < -0.3 is 0 Å². The summed E-state index contributed by atoms with van der Waals surface area (Å²) in [6, 6.07) is 0. The van der Waals surface area contributed by atoms with Gasteiger partial charge in [0.15, 0.2) is 0 Å². The molecular weight excluding hydrogens is 353 g/mol. The second-order valence-corrected chi connectivity index (χ2v) is 20.3. The van der Waals surface area contributed by atoms with E-state index in [-0.39, 0.29) is 0 Å². The first-order valence-corrected chi connectivity index (χ1v) is 17.0. The molecule has 0 fully saturated rings. The van der Waals surface area contributed by atoms with Crippen LogP contribution in [0.15, 0.2) is 0 Å². The van der Waals surface area contributed by atoms with E-state index in [0.29, 0.717) is 5.92 Å². The summed E-state index contributed by atoms with van der Waals surface area (Å²) in [5.41, 5.74) is 5.70. The summed E-state index contributed by atoms with van der Waals surface area (Å²) in [5, 5.41) is 0. The van der Waals surface area contributed by atoms with Gasteiger partial charge in [-0.25, -0.2) is 0 Å². The number of hydrogen-bond donors (Lipinski definition) is 1. The molecule has 0 aliphatic carbocycles. The average Bonchev–Trinajstić information content (AvgIpc) is 2.48. The quantitative estimate of drug-likeness (QED) is 0.423. The van der Waals surface area contributed by atoms with Crippen molar-refractivity contribution in [2.75, 3.05) is 17.8 Å². The number of hydrogen-bond acceptors (Lipinski definition) is 2. The van der Waals surface area contributed by atoms with Crippen LogP contribution in [0.5, 0.6) is 0 Å². The fourth-order valence-electron chi connectivity index (χ4n) is 2.79. The summed E-state index contributed by atoms with van der Waals surface area (Å²) in [4.78, 5) is 0. The molecule has 0 bridgehead atoms. The van der Waals surface area contributed by atoms with E-state index in [9.17, 15) is 0 Å². The predicted molar refractivity (Wildman–Crippen MR) is 93.9 cm³/mol. The maximum atomic E-state index is 6.16. The third-order valence-corrected chi connectivity index (χ3v) is 18.8. The number of rotatable bonds is 14. The van der Waals surface area contributed by atoms with Crippen LogP contribution in [0.1, 0.15) is 66.2 Å². The molecule has 0 aliphatic rings. The van der Waals surface area contributed by atoms with Crippen molar-refractivity contribution in [1.82, 2.24) is 0 Å². The molecule has 2 N–H and O–H groups in total. The summed E-state index contributed by atoms with van der Waals surface area (Å²) < 4.78 is 11.9. The van der Waals surface area contributed by atoms with Gasteiger partial charge in [-0.3, -0.25) is 0 Å². The van der Waals surface area contributed by atoms with Crippen LogP contribution in [0.3, 0.4) is 0 Å². The molecule has 3 heteroatoms. The Labute approximate surface area is 132 Å². The maximum absolute atomic E-state index is 6.16. The molecule has 0 aromatic rings. The first-order valence-electron chi connectivity index (χ1n) is 8.91. The first kappa shape index (κ1) is 20.7. The molecule has 122 valence electrons. The van der Waals surface area contributed by atoms with Crippen LogP contribution >= 0.6 is 0 Å². The van der Waals surface area contributed by atoms with Crippen molar-refractivity contribution in [2.45, 2.75) is 79.5 Å². The van der Waals surface area contributed by atoms with Gasteiger partial charge in [0.2, 0.25) is 0 Å². The second kappa shape index (κ2) is 13.4. The molecule has 0 amide bonds. The molecule has 0 rings (SSSR count). The molecule has 1 unspecified atom stereocenters. The van der Waals surface area contributed by atoms with Gasteiger partial charge in [-0.05, 0) is 0 Å². The second-order valence-electron chi connectivity index (χ2n) is 6.67. The Morgan fingerprint density at radius 1 is 0.900 bits per heavy atom. The third kappa shape index (κ3) is 9.62. The normalized spacial score (nSPS) is 13.7. The topological polar surface area (TPSA) is 35.2 Å². The van der Waals surface area contributed by atoms with E-state index in [1.54, 1.807) is 13.3 Å². The molecule has 0 saturated heterocycles. The summed E-state index contributed by atoms with van der Waals surface area (Å²) in [6.07, 6.45) is 8.32. The van der Waals surface area contributed by atoms with Crippen molar-refractivity contribution >= 4 is 18.4 Å². The molecule has 1 atom stereocenters. The minimum atomic E-state index is -2.03. The Bertz CT molecular complexity index is 189. The Morgan fingerprint density at radius 2 is 1.35 bits per heavy atom. The molecule has 0 aromatic carbocycles. The van der Waals surface area contributed by atoms with Gasteiger partial charge in [0.1, 0.15) is 0 Å². The number of nitrogens with two attached hydrogens (primary N) is 1. The predicted octanol–water partition coefficient (Wildman–Crippen LogP) is 4.99. The van der Waals surface area contributed by atoms with Crippen molar-refractivity contribution in [1.29, 1.82) is 0 Å². The van der Waals surface area contributed by atoms with Crippen LogP contribution in [0.2, 0.25) is 13.3 Å². The standard InChI is InChI=1S/C5H12NO.3C4H9.Sn/c1-5(3-6)4-7-2;3*1-3-4-2;/h5H,2-4,6H2,1H3;3*1,3-4H2,2H3;. The van der Waals surface area contributed by atoms with Crippen LogP contribution in [0.4, 0.5) is 0 Å². The summed E-state index contributed by atoms with van der Waals surface area (Å²) in [6.45, 7) is 10.8. The van der Waals surface area contributed by atoms with Crippen LogP contribution in [0, 0.1) is 5.92 Å². The monoisotopic (exact) mass is 393 g/mol. The van der Waals surface area contributed by atoms with Gasteiger partial charge in [-0.1, -0.05) is 0 Å². The van der Waals surface area contributed by atoms with Crippen LogP contribution in [0.25, 0.3) is 0 Å². The molecule has 0 spiro atoms. The summed E-state index contributed by atoms with van der Waals surface area (Å²) in [7, 11) is 0. The average molecular weight is 392 g/mol. The van der Waals surface area contributed by atoms with Gasteiger partial charge in [-0.15, -0.1) is 0 Å². The Morgan fingerprint density at radius 3 is 1.70 bits per heavy atom. The van der Waals surface area contributed by atoms with E-state index in [1.165, 1.54) is 38.5 Å². The van der Waals surface area contributed by atoms with Crippen molar-refractivity contribution in [3.8, 4) is 0 Å². The van der Waals surface area contributed by atoms with E-state index in [2.05, 4.69) is 27.7 Å². The fourth-order valence-corrected chi connectivity index (χ4v) is 17.2. The first-order chi connectivity index (χ1) is 9.64. The molecule has 0 aromatic heterocycles. The van der Waals surface area contributed by atoms with Crippen LogP contribution in [-0.4, -0.2) is 36.2 Å². The van der Waals surface area contributed by atoms with Crippen LogP contribution < -0.4 is 5.73 Å². The van der Waals surface area contributed by atoms with Crippen molar-refractivity contribution in [3.05, 3.63) is 0 Å². The molecule has 0 radical (unpaired) electrons. The van der Waals surface area contributed by atoms with Crippen LogP contribution in [-0.2, 0) is 4.74 Å². The van der Waals surface area contributed by atoms with Crippen molar-refractivity contribution in [3.63, 3.8) is 0 Å². The van der Waals surface area contributed by atoms with E-state index in [0.717, 1.165) is 17.8 Å². The van der Waals surface area contributed by atoms with Gasteiger partial charge in [0, 0.05) is 0 Å². The molecule has 20 heavy (non-hydrogen) atoms. The van der Waals surface area contributed by atoms with E-state index >= 15 is 0 Å². The summed E-state index contributed by atoms with van der Waals surface area (Å²) >= 11 is -2.03. The zero-order valence-electron chi connectivity index (χ0n) is 14.5. The molecule has 0 aliphatic heterocycles.